The number of aliphatic hydroxyl groups is 2. The maximum atomic E-state index is 13.4. The summed E-state index contributed by atoms with van der Waals surface area (Å²) in [6.07, 6.45) is 0. The molecule has 0 bridgehead atoms. The van der Waals surface area contributed by atoms with Gasteiger partial charge < -0.3 is 41.8 Å². The fourth-order valence-corrected chi connectivity index (χ4v) is 8.02. The molecular weight excluding hydrogens is 664 g/mol. The predicted molar refractivity (Wildman–Crippen MR) is 191 cm³/mol. The molecule has 2 aliphatic carbocycles. The summed E-state index contributed by atoms with van der Waals surface area (Å²) in [5.74, 6) is -4.68. The molecule has 0 saturated heterocycles. The number of hydrogen-bond donors (Lipinski definition) is 6. The van der Waals surface area contributed by atoms with Gasteiger partial charge in [0.05, 0.1) is 11.1 Å². The van der Waals surface area contributed by atoms with Crippen molar-refractivity contribution in [1.82, 2.24) is 10.6 Å². The Bertz CT molecular complexity index is 2090. The van der Waals surface area contributed by atoms with Crippen LogP contribution in [0, 0.1) is 0 Å². The molecule has 0 aromatic heterocycles. The smallest absolute Gasteiger partial charge is 0.271 e. The SMILES string of the molecule is CC(=O)N[C@@]12C(=O)c3c(N)cccc3[C@]1(O)Oc1cc(C(C)C)ccc12.CC(=O)N[C@]12C(=O)c3c(N)cccc3[C@@]1(O)Oc1cc(C(C)C)ccc12. The lowest BCUT2D eigenvalue weighted by Gasteiger charge is -2.34. The molecule has 12 heteroatoms. The monoisotopic (exact) mass is 704 g/mol. The van der Waals surface area contributed by atoms with E-state index in [9.17, 15) is 29.4 Å². The number of ether oxygens (including phenoxy) is 2. The number of amides is 2. The van der Waals surface area contributed by atoms with Gasteiger partial charge in [-0.15, -0.1) is 0 Å². The van der Waals surface area contributed by atoms with Crippen LogP contribution in [0.15, 0.2) is 72.8 Å². The molecule has 0 spiro atoms. The number of nitrogens with one attached hydrogen (secondary N) is 2. The zero-order chi connectivity index (χ0) is 37.7. The van der Waals surface area contributed by atoms with E-state index in [2.05, 4.69) is 10.6 Å². The average molecular weight is 705 g/mol. The van der Waals surface area contributed by atoms with Crippen LogP contribution in [0.1, 0.15) is 107 Å². The predicted octanol–water partition coefficient (Wildman–Crippen LogP) is 4.32. The summed E-state index contributed by atoms with van der Waals surface area (Å²) in [5.41, 5.74) is 12.7. The van der Waals surface area contributed by atoms with Gasteiger partial charge in [0, 0.05) is 47.5 Å². The van der Waals surface area contributed by atoms with E-state index in [1.807, 2.05) is 39.8 Å². The number of carbonyl (C=O) groups is 4. The molecule has 0 radical (unpaired) electrons. The van der Waals surface area contributed by atoms with E-state index in [-0.39, 0.29) is 45.5 Å². The Kier molecular flexibility index (Phi) is 7.61. The zero-order valence-corrected chi connectivity index (χ0v) is 29.6. The molecular formula is C40H40N4O8. The highest BCUT2D eigenvalue weighted by Crippen LogP contribution is 2.60. The maximum absolute atomic E-state index is 13.4. The summed E-state index contributed by atoms with van der Waals surface area (Å²) in [5, 5.41) is 28.4. The number of Topliss-reactive ketones (excluding diaryl/α,β-unsaturated/α-hetero) is 2. The van der Waals surface area contributed by atoms with E-state index in [1.165, 1.54) is 13.8 Å². The van der Waals surface area contributed by atoms with Crippen LogP contribution in [-0.4, -0.2) is 33.6 Å². The van der Waals surface area contributed by atoms with Gasteiger partial charge in [-0.2, -0.15) is 0 Å². The van der Waals surface area contributed by atoms with Crippen molar-refractivity contribution in [3.63, 3.8) is 0 Å². The third kappa shape index (κ3) is 4.34. The highest BCUT2D eigenvalue weighted by atomic mass is 16.6. The lowest BCUT2D eigenvalue weighted by atomic mass is 9.82. The summed E-state index contributed by atoms with van der Waals surface area (Å²) in [4.78, 5) is 50.8. The molecule has 2 amide bonds. The van der Waals surface area contributed by atoms with Crippen LogP contribution in [0.2, 0.25) is 0 Å². The number of hydrogen-bond acceptors (Lipinski definition) is 10. The van der Waals surface area contributed by atoms with Gasteiger partial charge in [-0.25, -0.2) is 0 Å². The minimum Gasteiger partial charge on any atom is -0.454 e. The fourth-order valence-electron chi connectivity index (χ4n) is 8.02. The number of fused-ring (bicyclic) bond motifs is 10. The number of nitrogens with two attached hydrogens (primary N) is 2. The molecule has 52 heavy (non-hydrogen) atoms. The van der Waals surface area contributed by atoms with E-state index >= 15 is 0 Å². The average Bonchev–Trinajstić information content (AvgIpc) is 3.61. The second-order valence-electron chi connectivity index (χ2n) is 14.4. The van der Waals surface area contributed by atoms with Gasteiger partial charge in [0.2, 0.25) is 34.5 Å². The summed E-state index contributed by atoms with van der Waals surface area (Å²) >= 11 is 0. The quantitative estimate of drug-likeness (QED) is 0.166. The van der Waals surface area contributed by atoms with Gasteiger partial charge in [-0.05, 0) is 47.2 Å². The molecule has 2 aliphatic heterocycles. The van der Waals surface area contributed by atoms with Crippen LogP contribution in [0.25, 0.3) is 0 Å². The minimum atomic E-state index is -2.04. The highest BCUT2D eigenvalue weighted by Gasteiger charge is 2.73. The van der Waals surface area contributed by atoms with Crippen LogP contribution in [0.3, 0.4) is 0 Å². The third-order valence-corrected chi connectivity index (χ3v) is 10.5. The van der Waals surface area contributed by atoms with Crippen molar-refractivity contribution in [2.45, 2.75) is 76.0 Å². The molecule has 4 aromatic carbocycles. The van der Waals surface area contributed by atoms with Gasteiger partial charge in [0.25, 0.3) is 11.6 Å². The van der Waals surface area contributed by atoms with Crippen molar-refractivity contribution in [2.75, 3.05) is 11.5 Å². The number of rotatable bonds is 4. The molecule has 0 unspecified atom stereocenters. The molecule has 0 fully saturated rings. The van der Waals surface area contributed by atoms with Crippen molar-refractivity contribution in [1.29, 1.82) is 0 Å². The lowest BCUT2D eigenvalue weighted by Crippen LogP contribution is -2.59. The Morgan fingerprint density at radius 1 is 0.615 bits per heavy atom. The molecule has 12 nitrogen and oxygen atoms in total. The summed E-state index contributed by atoms with van der Waals surface area (Å²) < 4.78 is 11.9. The number of benzene rings is 4. The molecule has 268 valence electrons. The second kappa shape index (κ2) is 11.4. The molecule has 2 heterocycles. The molecule has 0 saturated carbocycles. The zero-order valence-electron chi connectivity index (χ0n) is 29.6. The Labute approximate surface area is 300 Å². The number of nitrogen functional groups attached to an aromatic ring is 2. The lowest BCUT2D eigenvalue weighted by molar-refractivity contribution is -0.175. The number of ketones is 2. The van der Waals surface area contributed by atoms with Crippen LogP contribution >= 0.6 is 0 Å². The molecule has 4 aromatic rings. The Morgan fingerprint density at radius 3 is 1.31 bits per heavy atom. The first-order valence-corrected chi connectivity index (χ1v) is 17.0. The van der Waals surface area contributed by atoms with Gasteiger partial charge in [0.15, 0.2) is 0 Å². The molecule has 8 rings (SSSR count). The van der Waals surface area contributed by atoms with E-state index in [4.69, 9.17) is 20.9 Å². The van der Waals surface area contributed by atoms with Gasteiger partial charge in [-0.3, -0.25) is 19.2 Å². The first kappa shape index (κ1) is 34.7. The summed E-state index contributed by atoms with van der Waals surface area (Å²) in [6.45, 7) is 10.8. The standard InChI is InChI=1S/2C20H20N2O4/c2*1-10(2)12-7-8-13-16(9-12)26-20(25)14-5-4-6-15(21)17(14)18(24)19(13,20)22-11(3)23/h2*4-10,25H,21H2,1-3H3,(H,22,23)/t2*19-,20-/m10/s1. The number of anilines is 2. The van der Waals surface area contributed by atoms with E-state index in [1.54, 1.807) is 60.7 Å². The maximum Gasteiger partial charge on any atom is 0.271 e. The third-order valence-electron chi connectivity index (χ3n) is 10.5. The van der Waals surface area contributed by atoms with Gasteiger partial charge in [0.1, 0.15) is 11.5 Å². The van der Waals surface area contributed by atoms with Crippen molar-refractivity contribution < 1.29 is 38.9 Å². The Hall–Kier alpha value is -5.72. The fraction of sp³-hybridized carbons (Fsp3) is 0.300. The summed E-state index contributed by atoms with van der Waals surface area (Å²) in [7, 11) is 0. The van der Waals surface area contributed by atoms with Crippen molar-refractivity contribution in [3.8, 4) is 11.5 Å². The first-order valence-electron chi connectivity index (χ1n) is 17.0. The summed E-state index contributed by atoms with van der Waals surface area (Å²) in [6, 6.07) is 20.5. The molecule has 4 atom stereocenters. The van der Waals surface area contributed by atoms with Crippen molar-refractivity contribution in [3.05, 3.63) is 117 Å². The first-order chi connectivity index (χ1) is 24.4. The highest BCUT2D eigenvalue weighted by molar-refractivity contribution is 6.16. The van der Waals surface area contributed by atoms with Crippen LogP contribution in [0.4, 0.5) is 11.4 Å². The second-order valence-corrected chi connectivity index (χ2v) is 14.4. The van der Waals surface area contributed by atoms with E-state index in [0.29, 0.717) is 22.6 Å². The van der Waals surface area contributed by atoms with Crippen molar-refractivity contribution >= 4 is 34.8 Å². The topological polar surface area (TPSA) is 203 Å². The Morgan fingerprint density at radius 2 is 0.981 bits per heavy atom. The van der Waals surface area contributed by atoms with Crippen LogP contribution in [-0.2, 0) is 32.2 Å². The van der Waals surface area contributed by atoms with Crippen LogP contribution in [0.5, 0.6) is 11.5 Å². The van der Waals surface area contributed by atoms with Crippen molar-refractivity contribution in [2.24, 2.45) is 0 Å². The normalized spacial score (nSPS) is 25.5. The van der Waals surface area contributed by atoms with E-state index in [0.717, 1.165) is 11.1 Å². The number of carbonyl (C=O) groups excluding carboxylic acids is 4. The van der Waals surface area contributed by atoms with Gasteiger partial charge >= 0.3 is 0 Å². The largest absolute Gasteiger partial charge is 0.454 e. The minimum absolute atomic E-state index is 0.183. The Balaban J connectivity index is 0.000000162. The molecule has 8 N–H and O–H groups in total. The van der Waals surface area contributed by atoms with E-state index < -0.39 is 46.0 Å². The molecule has 4 aliphatic rings. The van der Waals surface area contributed by atoms with Crippen LogP contribution < -0.4 is 31.6 Å². The van der Waals surface area contributed by atoms with Gasteiger partial charge in [-0.1, -0.05) is 76.2 Å².